The third-order valence-electron chi connectivity index (χ3n) is 8.91. The van der Waals surface area contributed by atoms with Gasteiger partial charge in [-0.15, -0.1) is 22.7 Å². The lowest BCUT2D eigenvalue weighted by Gasteiger charge is -2.35. The molecule has 6 unspecified atom stereocenters. The summed E-state index contributed by atoms with van der Waals surface area (Å²) in [6.07, 6.45) is 0. The van der Waals surface area contributed by atoms with E-state index in [1.165, 1.54) is 32.5 Å². The van der Waals surface area contributed by atoms with Gasteiger partial charge in [-0.2, -0.15) is 0 Å². The minimum Gasteiger partial charge on any atom is -0.274 e. The highest BCUT2D eigenvalue weighted by atomic mass is 32.1. The molecule has 0 saturated carbocycles. The predicted octanol–water partition coefficient (Wildman–Crippen LogP) is 4.87. The second-order valence-electron chi connectivity index (χ2n) is 11.3. The van der Waals surface area contributed by atoms with Crippen LogP contribution in [-0.2, 0) is 19.2 Å². The molecule has 4 aliphatic heterocycles. The molecule has 2 aromatic carbocycles. The van der Waals surface area contributed by atoms with Crippen molar-refractivity contribution in [2.24, 2.45) is 11.8 Å². The highest BCUT2D eigenvalue weighted by molar-refractivity contribution is 7.10. The molecular formula is C32H26N4O4S2. The van der Waals surface area contributed by atoms with Crippen molar-refractivity contribution < 1.29 is 19.2 Å². The van der Waals surface area contributed by atoms with Crippen molar-refractivity contribution in [2.45, 2.75) is 38.0 Å². The summed E-state index contributed by atoms with van der Waals surface area (Å²) in [4.78, 5) is 61.7. The van der Waals surface area contributed by atoms with E-state index >= 15 is 0 Å². The van der Waals surface area contributed by atoms with Crippen LogP contribution in [0.15, 0.2) is 83.6 Å². The zero-order chi connectivity index (χ0) is 28.9. The van der Waals surface area contributed by atoms with Crippen LogP contribution in [-0.4, -0.2) is 45.7 Å². The molecule has 6 heterocycles. The van der Waals surface area contributed by atoms with E-state index in [9.17, 15) is 19.2 Å². The Hall–Kier alpha value is -3.96. The number of amides is 4. The molecule has 4 saturated heterocycles. The third kappa shape index (κ3) is 3.40. The highest BCUT2D eigenvalue weighted by Crippen LogP contribution is 2.60. The van der Waals surface area contributed by atoms with Crippen LogP contribution in [0.25, 0.3) is 0 Å². The van der Waals surface area contributed by atoms with E-state index in [2.05, 4.69) is 0 Å². The first-order chi connectivity index (χ1) is 20.4. The fraction of sp³-hybridized carbons (Fsp3) is 0.250. The highest BCUT2D eigenvalue weighted by Gasteiger charge is 2.74. The van der Waals surface area contributed by atoms with Crippen molar-refractivity contribution in [3.05, 3.63) is 104 Å². The lowest BCUT2D eigenvalue weighted by atomic mass is 9.88. The van der Waals surface area contributed by atoms with Gasteiger partial charge in [-0.05, 0) is 72.1 Å². The summed E-state index contributed by atoms with van der Waals surface area (Å²) in [5.41, 5.74) is 2.98. The van der Waals surface area contributed by atoms with E-state index in [0.29, 0.717) is 11.4 Å². The first-order valence-corrected chi connectivity index (χ1v) is 15.6. The number of fused-ring (bicyclic) bond motifs is 5. The Morgan fingerprint density at radius 3 is 1.31 bits per heavy atom. The van der Waals surface area contributed by atoms with Crippen molar-refractivity contribution in [1.82, 2.24) is 10.0 Å². The normalized spacial score (nSPS) is 29.1. The molecule has 42 heavy (non-hydrogen) atoms. The summed E-state index contributed by atoms with van der Waals surface area (Å²) >= 11 is 2.99. The number of carbonyl (C=O) groups is 4. The zero-order valence-corrected chi connectivity index (χ0v) is 24.4. The SMILES string of the molecule is Cc1cccc(N2C(=O)C3C(C2=O)N2C(c4cccs4)C4C(=O)N(c5cccc(C)c5)C(=O)C4N2C3c2cccs2)c1. The Kier molecular flexibility index (Phi) is 5.68. The van der Waals surface area contributed by atoms with E-state index in [-0.39, 0.29) is 23.6 Å². The Balaban J connectivity index is 1.31. The molecule has 6 atom stereocenters. The second-order valence-corrected chi connectivity index (χ2v) is 13.3. The number of benzene rings is 2. The number of hydrazine groups is 1. The van der Waals surface area contributed by atoms with Gasteiger partial charge in [0.2, 0.25) is 11.8 Å². The number of carbonyl (C=O) groups excluding carboxylic acids is 4. The molecule has 2 aromatic heterocycles. The molecular weight excluding hydrogens is 569 g/mol. The third-order valence-corrected chi connectivity index (χ3v) is 10.8. The van der Waals surface area contributed by atoms with Crippen LogP contribution in [0.2, 0.25) is 0 Å². The smallest absolute Gasteiger partial charge is 0.253 e. The van der Waals surface area contributed by atoms with Crippen molar-refractivity contribution in [3.63, 3.8) is 0 Å². The lowest BCUT2D eigenvalue weighted by Crippen LogP contribution is -2.50. The number of rotatable bonds is 4. The maximum Gasteiger partial charge on any atom is 0.253 e. The first-order valence-electron chi connectivity index (χ1n) is 13.9. The fourth-order valence-electron chi connectivity index (χ4n) is 7.35. The average molecular weight is 595 g/mol. The van der Waals surface area contributed by atoms with Gasteiger partial charge in [0.15, 0.2) is 0 Å². The summed E-state index contributed by atoms with van der Waals surface area (Å²) in [5, 5.41) is 7.74. The number of nitrogens with zero attached hydrogens (tertiary/aromatic N) is 4. The number of aryl methyl sites for hydroxylation is 2. The molecule has 8 nitrogen and oxygen atoms in total. The maximum atomic E-state index is 14.4. The van der Waals surface area contributed by atoms with Gasteiger partial charge in [0.05, 0.1) is 35.3 Å². The molecule has 0 radical (unpaired) electrons. The summed E-state index contributed by atoms with van der Waals surface area (Å²) in [5.74, 6) is -2.66. The summed E-state index contributed by atoms with van der Waals surface area (Å²) in [6, 6.07) is 19.7. The minimum absolute atomic E-state index is 0.280. The standard InChI is InChI=1S/C32H26N4O4S2/c1-17-7-3-9-19(15-17)33-29(37)23-25(21-11-5-13-41-21)36-28-24(26(22-12-6-14-42-22)35(36)27(23)31(33)39)30(38)34(32(28)40)20-10-4-8-18(2)16-20/h3-16,23-28H,1-2H3. The van der Waals surface area contributed by atoms with Crippen LogP contribution in [0.1, 0.15) is 33.0 Å². The van der Waals surface area contributed by atoms with Crippen LogP contribution in [0.4, 0.5) is 11.4 Å². The Labute approximate surface area is 250 Å². The van der Waals surface area contributed by atoms with Gasteiger partial charge < -0.3 is 0 Å². The summed E-state index contributed by atoms with van der Waals surface area (Å²) < 4.78 is 0. The number of hydrogen-bond acceptors (Lipinski definition) is 8. The Bertz CT molecular complexity index is 1640. The lowest BCUT2D eigenvalue weighted by molar-refractivity contribution is -0.135. The van der Waals surface area contributed by atoms with E-state index in [0.717, 1.165) is 20.9 Å². The Morgan fingerprint density at radius 1 is 0.524 bits per heavy atom. The molecule has 0 N–H and O–H groups in total. The van der Waals surface area contributed by atoms with Gasteiger partial charge in [-0.3, -0.25) is 19.2 Å². The van der Waals surface area contributed by atoms with Crippen LogP contribution in [0.5, 0.6) is 0 Å². The van der Waals surface area contributed by atoms with Crippen molar-refractivity contribution >= 4 is 57.7 Å². The minimum atomic E-state index is -0.837. The number of anilines is 2. The van der Waals surface area contributed by atoms with Crippen molar-refractivity contribution in [2.75, 3.05) is 9.80 Å². The summed E-state index contributed by atoms with van der Waals surface area (Å²) in [7, 11) is 0. The van der Waals surface area contributed by atoms with Gasteiger partial charge in [-0.25, -0.2) is 19.8 Å². The van der Waals surface area contributed by atoms with Crippen LogP contribution in [0, 0.1) is 25.7 Å². The van der Waals surface area contributed by atoms with Crippen LogP contribution in [0.3, 0.4) is 0 Å². The number of hydrogen-bond donors (Lipinski definition) is 0. The molecule has 0 spiro atoms. The molecule has 10 heteroatoms. The van der Waals surface area contributed by atoms with Crippen molar-refractivity contribution in [3.8, 4) is 0 Å². The van der Waals surface area contributed by atoms with E-state index in [1.807, 2.05) is 95.3 Å². The first kappa shape index (κ1) is 25.7. The van der Waals surface area contributed by atoms with Crippen molar-refractivity contribution in [1.29, 1.82) is 0 Å². The monoisotopic (exact) mass is 594 g/mol. The van der Waals surface area contributed by atoms with E-state index in [1.54, 1.807) is 12.1 Å². The second kappa shape index (κ2) is 9.27. The fourth-order valence-corrected chi connectivity index (χ4v) is 9.09. The molecule has 4 amide bonds. The predicted molar refractivity (Wildman–Crippen MR) is 160 cm³/mol. The molecule has 0 bridgehead atoms. The Morgan fingerprint density at radius 2 is 0.952 bits per heavy atom. The molecule has 210 valence electrons. The molecule has 0 aliphatic carbocycles. The van der Waals surface area contributed by atoms with E-state index < -0.39 is 36.0 Å². The quantitative estimate of drug-likeness (QED) is 0.314. The van der Waals surface area contributed by atoms with Gasteiger partial charge in [0.1, 0.15) is 12.1 Å². The van der Waals surface area contributed by atoms with Gasteiger partial charge in [0, 0.05) is 9.75 Å². The average Bonchev–Trinajstić information content (AvgIpc) is 3.79. The van der Waals surface area contributed by atoms with Crippen LogP contribution < -0.4 is 9.80 Å². The molecule has 4 aliphatic rings. The maximum absolute atomic E-state index is 14.4. The van der Waals surface area contributed by atoms with Gasteiger partial charge >= 0.3 is 0 Å². The van der Waals surface area contributed by atoms with Crippen LogP contribution >= 0.6 is 22.7 Å². The zero-order valence-electron chi connectivity index (χ0n) is 22.8. The van der Waals surface area contributed by atoms with Gasteiger partial charge in [-0.1, -0.05) is 36.4 Å². The molecule has 4 aromatic rings. The van der Waals surface area contributed by atoms with E-state index in [4.69, 9.17) is 0 Å². The van der Waals surface area contributed by atoms with Gasteiger partial charge in [0.25, 0.3) is 11.8 Å². The largest absolute Gasteiger partial charge is 0.274 e. The number of thiophene rings is 2. The molecule has 4 fully saturated rings. The molecule has 8 rings (SSSR count). The summed E-state index contributed by atoms with van der Waals surface area (Å²) in [6.45, 7) is 3.86. The topological polar surface area (TPSA) is 81.2 Å². The number of imide groups is 2.